The van der Waals surface area contributed by atoms with Crippen molar-refractivity contribution in [2.24, 2.45) is 0 Å². The topological polar surface area (TPSA) is 124 Å². The van der Waals surface area contributed by atoms with Crippen LogP contribution < -0.4 is 0 Å². The van der Waals surface area contributed by atoms with Gasteiger partial charge in [-0.3, -0.25) is 28.0 Å². The van der Waals surface area contributed by atoms with Crippen LogP contribution in [0.15, 0.2) is 38.0 Å². The third-order valence-corrected chi connectivity index (χ3v) is 8.85. The number of phosphoric acid groups is 1. The van der Waals surface area contributed by atoms with Crippen LogP contribution in [0.2, 0.25) is 0 Å². The van der Waals surface area contributed by atoms with Gasteiger partial charge < -0.3 is 14.2 Å². The number of carbonyl (C=O) groups is 3. The predicted octanol–water partition coefficient (Wildman–Crippen LogP) is 6.41. The molecule has 10 nitrogen and oxygen atoms in total. The molecule has 0 fully saturated rings. The summed E-state index contributed by atoms with van der Waals surface area (Å²) in [7, 11) is 1.97. The summed E-state index contributed by atoms with van der Waals surface area (Å²) >= 11 is 0. The Morgan fingerprint density at radius 3 is 1.11 bits per heavy atom. The molecule has 0 bridgehead atoms. The second kappa shape index (κ2) is 16.2. The summed E-state index contributed by atoms with van der Waals surface area (Å²) in [6.45, 7) is 28.6. The quantitative estimate of drug-likeness (QED) is 0.0665. The van der Waals surface area contributed by atoms with Gasteiger partial charge in [-0.05, 0) is 114 Å². The highest BCUT2D eigenvalue weighted by Gasteiger charge is 2.44. The molecule has 0 spiro atoms. The monoisotopic (exact) mass is 640 g/mol. The Kier molecular flexibility index (Phi) is 15.6. The van der Waals surface area contributed by atoms with Crippen molar-refractivity contribution in [2.75, 3.05) is 19.8 Å². The maximum Gasteiger partial charge on any atom is 0.475 e. The normalized spacial score (nSPS) is 14.9. The molecule has 0 rings (SSSR count). The molecule has 0 aliphatic rings. The molecule has 250 valence electrons. The first-order chi connectivity index (χ1) is 19.7. The molecule has 0 aromatic heterocycles. The van der Waals surface area contributed by atoms with Crippen LogP contribution in [-0.2, 0) is 46.7 Å². The van der Waals surface area contributed by atoms with E-state index in [1.807, 2.05) is 0 Å². The molecule has 1 unspecified atom stereocenters. The molecular weight excluding hydrogens is 586 g/mol. The van der Waals surface area contributed by atoms with Gasteiger partial charge in [0.2, 0.25) is 0 Å². The summed E-state index contributed by atoms with van der Waals surface area (Å²) in [4.78, 5) is 36.3. The van der Waals surface area contributed by atoms with Crippen LogP contribution >= 0.6 is 7.82 Å². The van der Waals surface area contributed by atoms with E-state index in [2.05, 4.69) is 19.7 Å². The molecular formula is C32H54BO10P. The average molecular weight is 641 g/mol. The Morgan fingerprint density at radius 2 is 0.841 bits per heavy atom. The second-order valence-electron chi connectivity index (χ2n) is 13.6. The van der Waals surface area contributed by atoms with Crippen LogP contribution in [0.3, 0.4) is 0 Å². The Hall–Kier alpha value is -1.72. The molecule has 0 amide bonds. The van der Waals surface area contributed by atoms with Crippen molar-refractivity contribution in [1.29, 1.82) is 0 Å². The molecule has 0 saturated carbocycles. The fourth-order valence-corrected chi connectivity index (χ4v) is 5.72. The Labute approximate surface area is 266 Å². The van der Waals surface area contributed by atoms with E-state index < -0.39 is 41.3 Å². The van der Waals surface area contributed by atoms with E-state index in [1.54, 1.807) is 69.2 Å². The number of ether oxygens (including phenoxy) is 3. The largest absolute Gasteiger partial charge is 0.475 e. The lowest BCUT2D eigenvalue weighted by molar-refractivity contribution is -0.137. The van der Waals surface area contributed by atoms with E-state index >= 15 is 0 Å². The summed E-state index contributed by atoms with van der Waals surface area (Å²) in [6, 6.07) is 0. The first kappa shape index (κ1) is 42.3. The Bertz CT molecular complexity index is 955. The fraction of sp³-hybridized carbons (Fsp3) is 0.719. The van der Waals surface area contributed by atoms with Crippen LogP contribution in [0.25, 0.3) is 0 Å². The zero-order chi connectivity index (χ0) is 34.8. The Morgan fingerprint density at radius 1 is 0.568 bits per heavy atom. The molecule has 0 aromatic carbocycles. The van der Waals surface area contributed by atoms with Crippen LogP contribution in [0.5, 0.6) is 0 Å². The Balaban J connectivity index is 5.92. The lowest BCUT2D eigenvalue weighted by Gasteiger charge is -2.39. The van der Waals surface area contributed by atoms with Gasteiger partial charge in [-0.2, -0.15) is 0 Å². The van der Waals surface area contributed by atoms with E-state index in [4.69, 9.17) is 35.6 Å². The number of ketones is 3. The van der Waals surface area contributed by atoms with Gasteiger partial charge in [0, 0.05) is 12.1 Å². The van der Waals surface area contributed by atoms with Crippen molar-refractivity contribution in [2.45, 2.75) is 129 Å². The van der Waals surface area contributed by atoms with Crippen LogP contribution in [-0.4, -0.2) is 78.5 Å². The first-order valence-electron chi connectivity index (χ1n) is 14.6. The van der Waals surface area contributed by atoms with E-state index in [0.717, 1.165) is 0 Å². The third kappa shape index (κ3) is 15.0. The van der Waals surface area contributed by atoms with Gasteiger partial charge in [-0.1, -0.05) is 19.7 Å². The number of carbonyl (C=O) groups excluding carboxylic acids is 3. The van der Waals surface area contributed by atoms with Crippen molar-refractivity contribution in [3.05, 3.63) is 38.0 Å². The molecule has 0 aromatic rings. The summed E-state index contributed by atoms with van der Waals surface area (Å²) in [6.07, 6.45) is 4.01. The number of phosphoric ester groups is 1. The highest BCUT2D eigenvalue weighted by atomic mass is 31.2. The van der Waals surface area contributed by atoms with Crippen LogP contribution in [0.1, 0.15) is 95.4 Å². The average Bonchev–Trinajstić information content (AvgIpc) is 2.84. The van der Waals surface area contributed by atoms with Gasteiger partial charge in [-0.15, -0.1) is 0 Å². The van der Waals surface area contributed by atoms with Crippen molar-refractivity contribution < 1.29 is 46.7 Å². The SMILES string of the molecule is [B]C(C)(CCOC(C)(C)C(=O)C=C)OP(=O)(OC(C)(C)CCOC(C)(C)C(=O)C=C)OC(C)(C)CCOC(C)(C)C(=O)C=C. The lowest BCUT2D eigenvalue weighted by atomic mass is 9.81. The molecule has 1 atom stereocenters. The minimum Gasteiger partial charge on any atom is -0.367 e. The van der Waals surface area contributed by atoms with E-state index in [0.29, 0.717) is 0 Å². The summed E-state index contributed by atoms with van der Waals surface area (Å²) in [5.41, 5.74) is -7.17. The van der Waals surface area contributed by atoms with Crippen molar-refractivity contribution in [1.82, 2.24) is 0 Å². The zero-order valence-corrected chi connectivity index (χ0v) is 29.6. The van der Waals surface area contributed by atoms with Gasteiger partial charge in [0.15, 0.2) is 17.3 Å². The summed E-state index contributed by atoms with van der Waals surface area (Å²) in [5, 5.41) is 0. The van der Waals surface area contributed by atoms with Crippen molar-refractivity contribution >= 4 is 33.0 Å². The van der Waals surface area contributed by atoms with Gasteiger partial charge >= 0.3 is 7.82 Å². The van der Waals surface area contributed by atoms with Crippen molar-refractivity contribution in [3.8, 4) is 0 Å². The smallest absolute Gasteiger partial charge is 0.367 e. The summed E-state index contributed by atoms with van der Waals surface area (Å²) in [5.74, 6) is -0.873. The standard InChI is InChI=1S/C32H54BO10P/c1-15-24(34)29(8,9)38-21-18-27(4,5)41-44(37,42-28(6,7)19-22-39-30(10,11)25(35)16-2)43-32(14,33)20-23-40-31(12,13)26(36)17-3/h15-17H,1-3,18-23H2,4-14H3. The fourth-order valence-electron chi connectivity index (χ4n) is 3.62. The summed E-state index contributed by atoms with van der Waals surface area (Å²) < 4.78 is 49.5. The lowest BCUT2D eigenvalue weighted by Crippen LogP contribution is -2.39. The zero-order valence-electron chi connectivity index (χ0n) is 28.7. The highest BCUT2D eigenvalue weighted by molar-refractivity contribution is 7.48. The third-order valence-electron chi connectivity index (χ3n) is 6.77. The molecule has 44 heavy (non-hydrogen) atoms. The maximum atomic E-state index is 14.3. The predicted molar refractivity (Wildman–Crippen MR) is 173 cm³/mol. The molecule has 0 aliphatic heterocycles. The van der Waals surface area contributed by atoms with Gasteiger partial charge in [0.1, 0.15) is 24.6 Å². The van der Waals surface area contributed by atoms with Crippen LogP contribution in [0.4, 0.5) is 0 Å². The molecule has 12 heteroatoms. The van der Waals surface area contributed by atoms with E-state index in [-0.39, 0.29) is 56.4 Å². The minimum absolute atomic E-state index is 0.00707. The van der Waals surface area contributed by atoms with Gasteiger partial charge in [0.05, 0.1) is 24.4 Å². The number of hydrogen-bond acceptors (Lipinski definition) is 10. The van der Waals surface area contributed by atoms with E-state index in [9.17, 15) is 18.9 Å². The maximum absolute atomic E-state index is 14.3. The van der Waals surface area contributed by atoms with Gasteiger partial charge in [0.25, 0.3) is 0 Å². The van der Waals surface area contributed by atoms with E-state index in [1.165, 1.54) is 25.2 Å². The minimum atomic E-state index is -4.44. The number of hydrogen-bond donors (Lipinski definition) is 0. The molecule has 0 N–H and O–H groups in total. The van der Waals surface area contributed by atoms with Crippen molar-refractivity contribution in [3.63, 3.8) is 0 Å². The first-order valence-corrected chi connectivity index (χ1v) is 16.1. The molecule has 0 saturated heterocycles. The van der Waals surface area contributed by atoms with Gasteiger partial charge in [-0.25, -0.2) is 4.57 Å². The van der Waals surface area contributed by atoms with Crippen LogP contribution in [0, 0.1) is 0 Å². The highest BCUT2D eigenvalue weighted by Crippen LogP contribution is 2.58. The molecule has 0 aliphatic carbocycles. The number of rotatable bonds is 24. The molecule has 2 radical (unpaired) electrons. The second-order valence-corrected chi connectivity index (χ2v) is 15.0. The molecule has 0 heterocycles.